The molecule has 1 atom stereocenters. The lowest BCUT2D eigenvalue weighted by Gasteiger charge is -2.32. The van der Waals surface area contributed by atoms with Gasteiger partial charge in [0.2, 0.25) is 17.7 Å². The van der Waals surface area contributed by atoms with Crippen molar-refractivity contribution in [1.29, 1.82) is 0 Å². The first-order valence-corrected chi connectivity index (χ1v) is 14.9. The molecule has 0 radical (unpaired) electrons. The van der Waals surface area contributed by atoms with Crippen molar-refractivity contribution in [2.75, 3.05) is 51.4 Å². The third-order valence-electron chi connectivity index (χ3n) is 7.41. The predicted molar refractivity (Wildman–Crippen MR) is 157 cm³/mol. The van der Waals surface area contributed by atoms with E-state index in [9.17, 15) is 28.8 Å². The number of benzene rings is 1. The lowest BCUT2D eigenvalue weighted by atomic mass is 10.0. The van der Waals surface area contributed by atoms with Gasteiger partial charge in [-0.15, -0.1) is 0 Å². The van der Waals surface area contributed by atoms with Gasteiger partial charge in [0.15, 0.2) is 0 Å². The van der Waals surface area contributed by atoms with E-state index in [-0.39, 0.29) is 48.4 Å². The molecule has 0 spiro atoms. The number of carbonyl (C=O) groups excluding carboxylic acids is 6. The molecule has 1 unspecified atom stereocenters. The molecule has 14 nitrogen and oxygen atoms in total. The van der Waals surface area contributed by atoms with Gasteiger partial charge in [-0.05, 0) is 58.6 Å². The monoisotopic (exact) mass is 615 g/mol. The summed E-state index contributed by atoms with van der Waals surface area (Å²) in [4.78, 5) is 77.4. The van der Waals surface area contributed by atoms with Gasteiger partial charge in [-0.2, -0.15) is 0 Å². The number of alkyl carbamates (subject to hydrolysis) is 1. The zero-order valence-electron chi connectivity index (χ0n) is 25.4. The Bertz CT molecular complexity index is 1270. The lowest BCUT2D eigenvalue weighted by molar-refractivity contribution is -0.136. The molecule has 1 aromatic rings. The molecule has 0 aliphatic carbocycles. The number of carbonyl (C=O) groups is 6. The van der Waals surface area contributed by atoms with Crippen molar-refractivity contribution >= 4 is 41.3 Å². The summed E-state index contributed by atoms with van der Waals surface area (Å²) in [5.74, 6) is -3.00. The molecule has 3 heterocycles. The quantitative estimate of drug-likeness (QED) is 0.231. The van der Waals surface area contributed by atoms with Crippen molar-refractivity contribution in [1.82, 2.24) is 20.4 Å². The van der Waals surface area contributed by atoms with E-state index in [1.807, 2.05) is 20.8 Å². The first kappa shape index (κ1) is 33.0. The van der Waals surface area contributed by atoms with Gasteiger partial charge in [0.05, 0.1) is 23.4 Å². The molecule has 2 saturated heterocycles. The average Bonchev–Trinajstić information content (AvgIpc) is 3.20. The van der Waals surface area contributed by atoms with Crippen LogP contribution in [0.15, 0.2) is 18.2 Å². The minimum Gasteiger partial charge on any atom is -0.444 e. The second-order valence-corrected chi connectivity index (χ2v) is 12.0. The lowest BCUT2D eigenvalue weighted by Crippen LogP contribution is -2.54. The molecule has 1 aromatic carbocycles. The van der Waals surface area contributed by atoms with E-state index in [1.165, 1.54) is 18.2 Å². The maximum absolute atomic E-state index is 13.1. The van der Waals surface area contributed by atoms with E-state index in [2.05, 4.69) is 20.9 Å². The van der Waals surface area contributed by atoms with E-state index in [0.29, 0.717) is 26.2 Å². The highest BCUT2D eigenvalue weighted by molar-refractivity contribution is 6.26. The summed E-state index contributed by atoms with van der Waals surface area (Å²) in [5, 5.41) is 7.71. The van der Waals surface area contributed by atoms with Crippen molar-refractivity contribution in [2.24, 2.45) is 0 Å². The fraction of sp³-hybridized carbons (Fsp3) is 0.600. The molecule has 240 valence electrons. The Morgan fingerprint density at radius 2 is 1.70 bits per heavy atom. The molecule has 4 rings (SSSR count). The Labute approximate surface area is 256 Å². The smallest absolute Gasteiger partial charge is 0.407 e. The highest BCUT2D eigenvalue weighted by Gasteiger charge is 2.45. The van der Waals surface area contributed by atoms with Crippen LogP contribution in [-0.4, -0.2) is 109 Å². The van der Waals surface area contributed by atoms with Crippen LogP contribution in [0.1, 0.15) is 73.6 Å². The van der Waals surface area contributed by atoms with Crippen LogP contribution in [0.2, 0.25) is 0 Å². The summed E-state index contributed by atoms with van der Waals surface area (Å²) in [7, 11) is 0. The van der Waals surface area contributed by atoms with E-state index < -0.39 is 41.2 Å². The van der Waals surface area contributed by atoms with Crippen molar-refractivity contribution in [3.63, 3.8) is 0 Å². The van der Waals surface area contributed by atoms with E-state index in [4.69, 9.17) is 14.2 Å². The van der Waals surface area contributed by atoms with Crippen molar-refractivity contribution in [2.45, 2.75) is 70.6 Å². The van der Waals surface area contributed by atoms with Gasteiger partial charge in [-0.1, -0.05) is 6.07 Å². The Morgan fingerprint density at radius 1 is 0.977 bits per heavy atom. The largest absolute Gasteiger partial charge is 0.444 e. The molecule has 0 saturated carbocycles. The Morgan fingerprint density at radius 3 is 2.41 bits per heavy atom. The van der Waals surface area contributed by atoms with Gasteiger partial charge in [0.25, 0.3) is 11.8 Å². The minimum absolute atomic E-state index is 0.00693. The molecule has 3 N–H and O–H groups in total. The number of rotatable bonds is 12. The molecule has 0 bridgehead atoms. The molecular weight excluding hydrogens is 574 g/mol. The summed E-state index contributed by atoms with van der Waals surface area (Å²) in [5.41, 5.74) is -0.278. The van der Waals surface area contributed by atoms with Gasteiger partial charge in [-0.25, -0.2) is 4.79 Å². The zero-order chi connectivity index (χ0) is 31.9. The third kappa shape index (κ3) is 8.83. The molecule has 14 heteroatoms. The second kappa shape index (κ2) is 14.7. The predicted octanol–water partition coefficient (Wildman–Crippen LogP) is 1.44. The number of imide groups is 2. The number of likely N-dealkylation sites (tertiary alicyclic amines) is 1. The SMILES string of the molecule is CC(C)(C)OC(=O)NC1CCN(CCOCCCOCC(=O)Nc2cccc3c2C(=O)N(C2CCC(=O)NC2=O)C3=O)CC1. The normalized spacial score (nSPS) is 19.5. The standard InChI is InChI=1S/C30H41N5O9/c1-30(2,3)44-29(41)31-19-10-12-34(13-11-19)14-17-42-15-5-16-43-18-24(37)32-21-7-4-6-20-25(21)28(40)35(27(20)39)22-8-9-23(36)33-26(22)38/h4,6-7,19,22H,5,8-18H2,1-3H3,(H,31,41)(H,32,37)(H,33,36,38). The number of hydrogen-bond acceptors (Lipinski definition) is 10. The van der Waals surface area contributed by atoms with Gasteiger partial charge < -0.3 is 29.7 Å². The zero-order valence-corrected chi connectivity index (χ0v) is 25.4. The number of amides is 6. The average molecular weight is 616 g/mol. The number of nitrogens with zero attached hydrogens (tertiary/aromatic N) is 2. The number of ether oxygens (including phenoxy) is 3. The third-order valence-corrected chi connectivity index (χ3v) is 7.41. The minimum atomic E-state index is -1.09. The summed E-state index contributed by atoms with van der Waals surface area (Å²) < 4.78 is 16.5. The fourth-order valence-corrected chi connectivity index (χ4v) is 5.30. The van der Waals surface area contributed by atoms with Gasteiger partial charge in [0.1, 0.15) is 18.2 Å². The first-order chi connectivity index (χ1) is 20.9. The molecule has 44 heavy (non-hydrogen) atoms. The van der Waals surface area contributed by atoms with Crippen LogP contribution in [0.4, 0.5) is 10.5 Å². The molecule has 6 amide bonds. The first-order valence-electron chi connectivity index (χ1n) is 14.9. The Hall–Kier alpha value is -3.88. The summed E-state index contributed by atoms with van der Waals surface area (Å²) >= 11 is 0. The fourth-order valence-electron chi connectivity index (χ4n) is 5.30. The number of anilines is 1. The van der Waals surface area contributed by atoms with Gasteiger partial charge in [-0.3, -0.25) is 34.2 Å². The maximum atomic E-state index is 13.1. The van der Waals surface area contributed by atoms with Gasteiger partial charge in [0, 0.05) is 45.3 Å². The second-order valence-electron chi connectivity index (χ2n) is 12.0. The van der Waals surface area contributed by atoms with Crippen LogP contribution in [0.3, 0.4) is 0 Å². The number of hydrogen-bond donors (Lipinski definition) is 3. The summed E-state index contributed by atoms with van der Waals surface area (Å²) in [6, 6.07) is 3.52. The molecule has 3 aliphatic rings. The van der Waals surface area contributed by atoms with E-state index in [1.54, 1.807) is 0 Å². The van der Waals surface area contributed by atoms with Crippen molar-refractivity contribution < 1.29 is 43.0 Å². The molecular formula is C30H41N5O9. The van der Waals surface area contributed by atoms with Crippen LogP contribution < -0.4 is 16.0 Å². The number of piperidine rings is 2. The molecule has 3 aliphatic heterocycles. The van der Waals surface area contributed by atoms with Gasteiger partial charge >= 0.3 is 6.09 Å². The summed E-state index contributed by atoms with van der Waals surface area (Å²) in [6.45, 7) is 9.10. The van der Waals surface area contributed by atoms with Crippen LogP contribution in [-0.2, 0) is 28.6 Å². The maximum Gasteiger partial charge on any atom is 0.407 e. The van der Waals surface area contributed by atoms with Crippen LogP contribution >= 0.6 is 0 Å². The van der Waals surface area contributed by atoms with Crippen LogP contribution in [0.5, 0.6) is 0 Å². The highest BCUT2D eigenvalue weighted by atomic mass is 16.6. The molecule has 2 fully saturated rings. The number of nitrogens with one attached hydrogen (secondary N) is 3. The number of fused-ring (bicyclic) bond motifs is 1. The van der Waals surface area contributed by atoms with Crippen LogP contribution in [0, 0.1) is 0 Å². The van der Waals surface area contributed by atoms with E-state index in [0.717, 1.165) is 37.4 Å². The van der Waals surface area contributed by atoms with Crippen molar-refractivity contribution in [3.05, 3.63) is 29.3 Å². The Balaban J connectivity index is 1.09. The molecule has 0 aromatic heterocycles. The highest BCUT2D eigenvalue weighted by Crippen LogP contribution is 2.32. The summed E-state index contributed by atoms with van der Waals surface area (Å²) in [6.07, 6.45) is 1.97. The van der Waals surface area contributed by atoms with E-state index >= 15 is 0 Å². The Kier molecular flexibility index (Phi) is 11.1. The topological polar surface area (TPSA) is 173 Å². The van der Waals surface area contributed by atoms with Crippen LogP contribution in [0.25, 0.3) is 0 Å². The van der Waals surface area contributed by atoms with Crippen molar-refractivity contribution in [3.8, 4) is 0 Å².